The molecule has 12 atom stereocenters. The predicted molar refractivity (Wildman–Crippen MR) is 297 cm³/mol. The van der Waals surface area contributed by atoms with Crippen molar-refractivity contribution in [1.82, 2.24) is 58.5 Å². The average molecular weight is 1150 g/mol. The molecule has 0 unspecified atom stereocenters. The first-order valence-corrected chi connectivity index (χ1v) is 27.8. The second-order valence-electron chi connectivity index (χ2n) is 20.6. The van der Waals surface area contributed by atoms with Crippen molar-refractivity contribution >= 4 is 65.0 Å². The van der Waals surface area contributed by atoms with E-state index in [0.29, 0.717) is 12.0 Å². The molecule has 1 aliphatic heterocycles. The minimum absolute atomic E-state index is 0.0403. The monoisotopic (exact) mass is 1150 g/mol. The third-order valence-electron chi connectivity index (χ3n) is 13.1. The Balaban J connectivity index is 2.63. The van der Waals surface area contributed by atoms with Crippen LogP contribution in [0.4, 0.5) is 0 Å². The summed E-state index contributed by atoms with van der Waals surface area (Å²) in [5.74, 6) is -10.3. The van der Waals surface area contributed by atoms with Crippen LogP contribution >= 0.6 is 0 Å². The maximum atomic E-state index is 14.4. The number of rotatable bonds is 26. The highest BCUT2D eigenvalue weighted by Crippen LogP contribution is 2.12. The molecule has 0 aromatic heterocycles. The zero-order valence-electron chi connectivity index (χ0n) is 47.5. The number of carbonyl (C=O) groups is 11. The Morgan fingerprint density at radius 1 is 0.605 bits per heavy atom. The Labute approximate surface area is 473 Å². The van der Waals surface area contributed by atoms with Gasteiger partial charge < -0.3 is 91.0 Å². The lowest BCUT2D eigenvalue weighted by Gasteiger charge is -2.28. The molecule has 1 saturated heterocycles. The molecule has 456 valence electrons. The zero-order valence-corrected chi connectivity index (χ0v) is 47.5. The van der Waals surface area contributed by atoms with Crippen molar-refractivity contribution in [3.63, 3.8) is 0 Å². The molecule has 0 aliphatic carbocycles. The molecular formula is C53H90N14O14. The van der Waals surface area contributed by atoms with Gasteiger partial charge in [-0.2, -0.15) is 0 Å². The third-order valence-corrected chi connectivity index (χ3v) is 13.1. The van der Waals surface area contributed by atoms with E-state index in [2.05, 4.69) is 65.4 Å². The van der Waals surface area contributed by atoms with Crippen LogP contribution in [0.3, 0.4) is 0 Å². The van der Waals surface area contributed by atoms with Crippen LogP contribution in [0, 0.1) is 5.92 Å². The summed E-state index contributed by atoms with van der Waals surface area (Å²) in [7, 11) is 0. The first-order valence-electron chi connectivity index (χ1n) is 27.8. The number of carbonyl (C=O) groups excluding carboxylic acids is 11. The summed E-state index contributed by atoms with van der Waals surface area (Å²) >= 11 is 0. The van der Waals surface area contributed by atoms with Crippen LogP contribution in [0.15, 0.2) is 30.3 Å². The number of hydrogen-bond donors (Lipinski definition) is 17. The number of aliphatic hydroxyl groups is 3. The van der Waals surface area contributed by atoms with Crippen LogP contribution in [-0.2, 0) is 59.2 Å². The second kappa shape index (κ2) is 37.2. The van der Waals surface area contributed by atoms with Gasteiger partial charge in [-0.15, -0.1) is 0 Å². The van der Waals surface area contributed by atoms with E-state index in [4.69, 9.17) is 17.2 Å². The van der Waals surface area contributed by atoms with E-state index in [1.165, 1.54) is 20.8 Å². The van der Waals surface area contributed by atoms with Crippen LogP contribution in [-0.4, -0.2) is 186 Å². The van der Waals surface area contributed by atoms with E-state index in [0.717, 1.165) is 25.7 Å². The number of nitrogens with two attached hydrogens (primary N) is 3. The number of aliphatic hydroxyl groups excluding tert-OH is 3. The molecule has 1 aromatic rings. The van der Waals surface area contributed by atoms with Crippen LogP contribution in [0.5, 0.6) is 0 Å². The normalized spacial score (nSPS) is 23.0. The maximum absolute atomic E-state index is 14.4. The quantitative estimate of drug-likeness (QED) is 0.0386. The summed E-state index contributed by atoms with van der Waals surface area (Å²) in [6.45, 7) is 7.26. The van der Waals surface area contributed by atoms with Crippen LogP contribution in [0.1, 0.15) is 118 Å². The summed E-state index contributed by atoms with van der Waals surface area (Å²) in [5.41, 5.74) is 18.2. The van der Waals surface area contributed by atoms with Crippen molar-refractivity contribution in [2.75, 3.05) is 32.8 Å². The molecular weight excluding hydrogens is 1060 g/mol. The number of benzene rings is 1. The fourth-order valence-corrected chi connectivity index (χ4v) is 8.49. The number of unbranched alkanes of at least 4 members (excludes halogenated alkanes) is 4. The third kappa shape index (κ3) is 25.2. The summed E-state index contributed by atoms with van der Waals surface area (Å²) in [6.07, 6.45) is 0.256. The second-order valence-corrected chi connectivity index (χ2v) is 20.6. The van der Waals surface area contributed by atoms with Gasteiger partial charge in [-0.05, 0) is 90.4 Å². The molecule has 1 fully saturated rings. The minimum Gasteiger partial charge on any atom is -0.394 e. The lowest BCUT2D eigenvalue weighted by molar-refractivity contribution is -0.137. The van der Waals surface area contributed by atoms with E-state index in [1.54, 1.807) is 44.2 Å². The number of amides is 11. The van der Waals surface area contributed by atoms with Gasteiger partial charge in [0.15, 0.2) is 0 Å². The van der Waals surface area contributed by atoms with Crippen molar-refractivity contribution in [2.24, 2.45) is 23.1 Å². The smallest absolute Gasteiger partial charge is 0.245 e. The Morgan fingerprint density at radius 3 is 1.63 bits per heavy atom. The van der Waals surface area contributed by atoms with Crippen molar-refractivity contribution < 1.29 is 68.1 Å². The maximum Gasteiger partial charge on any atom is 0.245 e. The summed E-state index contributed by atoms with van der Waals surface area (Å²) in [5, 5.41) is 59.0. The average Bonchev–Trinajstić information content (AvgIpc) is 3.41. The standard InChI is InChI=1S/C53H90N14O14/c1-7-8-9-10-14-17-41(71)58-30(4)44(72)66-43(32(6)70)53(81)65-40(28-68)51(79)62-37-21-25-57-52(80)42(31(5)69)67-48(76)36(20-24-56)60-45(73)34(18-22-54)61-49(77)38(26-29(2)3)63-50(78)39(27-33-15-12-11-13-16-33)64-46(74)35(19-23-55)59-47(37)75/h11-13,15-16,29-32,34-40,42-43,68-70H,7-10,14,17-28,54-56H2,1-6H3,(H,57,80)(H,58,71)(H,59,75)(H,60,73)(H,61,77)(H,62,79)(H,63,78)(H,64,74)(H,65,81)(H,66,72)(H,67,76)/t30-,31+,32+,34-,35-,36-,37-,38-,39-,40+,42-,43-/m0/s1. The molecule has 2 rings (SSSR count). The molecule has 1 aromatic carbocycles. The summed E-state index contributed by atoms with van der Waals surface area (Å²) in [6, 6.07) is -6.69. The van der Waals surface area contributed by atoms with Crippen molar-refractivity contribution in [1.29, 1.82) is 0 Å². The molecule has 20 N–H and O–H groups in total. The van der Waals surface area contributed by atoms with E-state index < -0.39 is 157 Å². The SMILES string of the molecule is CCCCCCCC(=O)N[C@@H](C)C(=O)N[C@H](C(=O)N[C@H](CO)C(=O)N[C@H]1CCNC(=O)[C@H]([C@@H](C)O)NC(=O)[C@H](CCN)NC(=O)[C@H](CCN)NC(=O)[C@H](CC(C)C)NC(=O)[C@H](Cc2ccccc2)NC(=O)[C@H](CCN)NC1=O)[C@@H](C)O. The summed E-state index contributed by atoms with van der Waals surface area (Å²) < 4.78 is 0. The molecule has 1 heterocycles. The van der Waals surface area contributed by atoms with Gasteiger partial charge in [0, 0.05) is 19.4 Å². The van der Waals surface area contributed by atoms with Crippen LogP contribution in [0.2, 0.25) is 0 Å². The number of nitrogens with one attached hydrogen (secondary N) is 11. The highest BCUT2D eigenvalue weighted by atomic mass is 16.3. The predicted octanol–water partition coefficient (Wildman–Crippen LogP) is -5.18. The number of hydrogen-bond acceptors (Lipinski definition) is 17. The topological polar surface area (TPSA) is 459 Å². The minimum atomic E-state index is -1.87. The fourth-order valence-electron chi connectivity index (χ4n) is 8.49. The molecule has 11 amide bonds. The highest BCUT2D eigenvalue weighted by Gasteiger charge is 2.37. The van der Waals surface area contributed by atoms with Crippen LogP contribution in [0.25, 0.3) is 0 Å². The molecule has 28 heteroatoms. The summed E-state index contributed by atoms with van der Waals surface area (Å²) in [4.78, 5) is 152. The van der Waals surface area contributed by atoms with Gasteiger partial charge >= 0.3 is 0 Å². The van der Waals surface area contributed by atoms with E-state index >= 15 is 0 Å². The Morgan fingerprint density at radius 2 is 1.11 bits per heavy atom. The Kier molecular flexibility index (Phi) is 32.3. The van der Waals surface area contributed by atoms with Crippen molar-refractivity contribution in [3.8, 4) is 0 Å². The van der Waals surface area contributed by atoms with Gasteiger partial charge in [0.1, 0.15) is 60.4 Å². The van der Waals surface area contributed by atoms with Gasteiger partial charge in [0.25, 0.3) is 0 Å². The molecule has 0 radical (unpaired) electrons. The van der Waals surface area contributed by atoms with Gasteiger partial charge in [-0.3, -0.25) is 52.7 Å². The lowest BCUT2D eigenvalue weighted by atomic mass is 10.00. The van der Waals surface area contributed by atoms with Gasteiger partial charge in [-0.25, -0.2) is 0 Å². The van der Waals surface area contributed by atoms with Gasteiger partial charge in [0.05, 0.1) is 18.8 Å². The van der Waals surface area contributed by atoms with Crippen molar-refractivity contribution in [2.45, 2.75) is 191 Å². The molecule has 1 aliphatic rings. The van der Waals surface area contributed by atoms with Gasteiger partial charge in [-0.1, -0.05) is 76.8 Å². The van der Waals surface area contributed by atoms with Gasteiger partial charge in [0.2, 0.25) is 65.0 Å². The highest BCUT2D eigenvalue weighted by molar-refractivity contribution is 5.99. The molecule has 0 bridgehead atoms. The first-order chi connectivity index (χ1) is 38.4. The van der Waals surface area contributed by atoms with Crippen molar-refractivity contribution in [3.05, 3.63) is 35.9 Å². The largest absolute Gasteiger partial charge is 0.394 e. The van der Waals surface area contributed by atoms with Crippen LogP contribution < -0.4 is 75.7 Å². The zero-order chi connectivity index (χ0) is 60.8. The molecule has 0 saturated carbocycles. The van der Waals surface area contributed by atoms with E-state index in [-0.39, 0.29) is 64.1 Å². The first kappa shape index (κ1) is 70.3. The molecule has 28 nitrogen and oxygen atoms in total. The fraction of sp³-hybridized carbons (Fsp3) is 0.679. The molecule has 0 spiro atoms. The van der Waals surface area contributed by atoms with E-state index in [1.807, 2.05) is 0 Å². The molecule has 81 heavy (non-hydrogen) atoms. The Hall–Kier alpha value is -6.85. The Bertz CT molecular complexity index is 2220. The van der Waals surface area contributed by atoms with E-state index in [9.17, 15) is 68.1 Å². The lowest BCUT2D eigenvalue weighted by Crippen LogP contribution is -2.62.